The molecule has 1 amide bonds. The highest BCUT2D eigenvalue weighted by molar-refractivity contribution is 7.99. The number of hydrogen-bond acceptors (Lipinski definition) is 7. The lowest BCUT2D eigenvalue weighted by molar-refractivity contribution is -0.117. The largest absolute Gasteiger partial charge is 0.381 e. The molecule has 3 aliphatic rings. The molecular formula is C23H29ClF2N6OS. The van der Waals surface area contributed by atoms with Crippen molar-refractivity contribution in [2.45, 2.75) is 60.9 Å². The summed E-state index contributed by atoms with van der Waals surface area (Å²) in [5, 5.41) is 0.371. The van der Waals surface area contributed by atoms with Gasteiger partial charge in [-0.3, -0.25) is 4.79 Å². The van der Waals surface area contributed by atoms with Gasteiger partial charge in [-0.15, -0.1) is 12.4 Å². The van der Waals surface area contributed by atoms with Gasteiger partial charge in [0, 0.05) is 31.0 Å². The smallest absolute Gasteiger partial charge is 0.293 e. The van der Waals surface area contributed by atoms with Gasteiger partial charge in [-0.05, 0) is 43.2 Å². The van der Waals surface area contributed by atoms with Crippen molar-refractivity contribution < 1.29 is 13.6 Å². The number of carbonyl (C=O) groups excluding carboxylic acids is 1. The Balaban J connectivity index is 0.00000274. The first-order chi connectivity index (χ1) is 15.7. The predicted molar refractivity (Wildman–Crippen MR) is 132 cm³/mol. The third kappa shape index (κ3) is 4.20. The Bertz CT molecular complexity index is 1100. The molecule has 2 fully saturated rings. The highest BCUT2D eigenvalue weighted by Gasteiger charge is 2.47. The molecule has 11 heteroatoms. The number of nitrogens with two attached hydrogens (primary N) is 2. The summed E-state index contributed by atoms with van der Waals surface area (Å²) in [5.74, 6) is -2.65. The number of carbonyl (C=O) groups is 1. The minimum absolute atomic E-state index is 0. The van der Waals surface area contributed by atoms with Crippen molar-refractivity contribution in [1.29, 1.82) is 0 Å². The summed E-state index contributed by atoms with van der Waals surface area (Å²) in [4.78, 5) is 24.4. The Morgan fingerprint density at radius 1 is 1.24 bits per heavy atom. The highest BCUT2D eigenvalue weighted by atomic mass is 35.5. The molecule has 1 atom stereocenters. The Kier molecular flexibility index (Phi) is 6.69. The van der Waals surface area contributed by atoms with Gasteiger partial charge in [-0.25, -0.2) is 9.97 Å². The number of nitrogens with zero attached hydrogens (tertiary/aromatic N) is 4. The lowest BCUT2D eigenvalue weighted by Gasteiger charge is -2.42. The number of nitrogen functional groups attached to an aromatic ring is 1. The molecule has 5 rings (SSSR count). The molecule has 184 valence electrons. The van der Waals surface area contributed by atoms with Crippen LogP contribution in [0.1, 0.15) is 44.6 Å². The quantitative estimate of drug-likeness (QED) is 0.638. The van der Waals surface area contributed by atoms with Crippen LogP contribution in [0.4, 0.5) is 26.1 Å². The van der Waals surface area contributed by atoms with E-state index in [1.54, 1.807) is 24.4 Å². The van der Waals surface area contributed by atoms with Crippen LogP contribution in [0.3, 0.4) is 0 Å². The van der Waals surface area contributed by atoms with E-state index in [2.05, 4.69) is 14.9 Å². The third-order valence-corrected chi connectivity index (χ3v) is 8.48. The molecule has 34 heavy (non-hydrogen) atoms. The maximum absolute atomic E-state index is 14.8. The Morgan fingerprint density at radius 3 is 2.59 bits per heavy atom. The zero-order valence-electron chi connectivity index (χ0n) is 19.0. The molecule has 4 N–H and O–H groups in total. The van der Waals surface area contributed by atoms with E-state index in [-0.39, 0.29) is 40.9 Å². The van der Waals surface area contributed by atoms with E-state index < -0.39 is 18.4 Å². The van der Waals surface area contributed by atoms with E-state index in [1.165, 1.54) is 19.8 Å². The fourth-order valence-electron chi connectivity index (χ4n) is 5.53. The van der Waals surface area contributed by atoms with Gasteiger partial charge >= 0.3 is 0 Å². The molecule has 1 saturated carbocycles. The lowest BCUT2D eigenvalue weighted by atomic mass is 9.74. The van der Waals surface area contributed by atoms with E-state index in [4.69, 9.17) is 11.5 Å². The van der Waals surface area contributed by atoms with Crippen LogP contribution >= 0.6 is 24.2 Å². The van der Waals surface area contributed by atoms with E-state index in [0.29, 0.717) is 15.7 Å². The summed E-state index contributed by atoms with van der Waals surface area (Å²) in [6.07, 6.45) is 7.22. The number of aromatic nitrogens is 2. The van der Waals surface area contributed by atoms with Crippen LogP contribution < -0.4 is 21.3 Å². The van der Waals surface area contributed by atoms with Crippen LogP contribution in [0.2, 0.25) is 0 Å². The van der Waals surface area contributed by atoms with Crippen molar-refractivity contribution in [3.8, 4) is 0 Å². The van der Waals surface area contributed by atoms with Crippen LogP contribution in [0, 0.1) is 5.41 Å². The van der Waals surface area contributed by atoms with Crippen molar-refractivity contribution in [2.75, 3.05) is 35.2 Å². The fourth-order valence-corrected chi connectivity index (χ4v) is 6.49. The number of amides is 1. The summed E-state index contributed by atoms with van der Waals surface area (Å²) >= 11 is 1.05. The van der Waals surface area contributed by atoms with Gasteiger partial charge in [0.1, 0.15) is 10.8 Å². The molecule has 1 aliphatic carbocycles. The Labute approximate surface area is 208 Å². The zero-order valence-corrected chi connectivity index (χ0v) is 20.6. The van der Waals surface area contributed by atoms with Crippen molar-refractivity contribution in [2.24, 2.45) is 11.1 Å². The summed E-state index contributed by atoms with van der Waals surface area (Å²) in [5.41, 5.74) is 12.9. The Morgan fingerprint density at radius 2 is 1.97 bits per heavy atom. The first kappa shape index (κ1) is 24.9. The second-order valence-electron chi connectivity index (χ2n) is 9.33. The van der Waals surface area contributed by atoms with Crippen LogP contribution in [-0.4, -0.2) is 41.6 Å². The molecule has 2 aliphatic heterocycles. The molecule has 0 radical (unpaired) electrons. The predicted octanol–water partition coefficient (Wildman–Crippen LogP) is 4.19. The average Bonchev–Trinajstić information content (AvgIpc) is 3.27. The number of anilines is 3. The van der Waals surface area contributed by atoms with Crippen LogP contribution in [-0.2, 0) is 10.7 Å². The van der Waals surface area contributed by atoms with Crippen molar-refractivity contribution in [3.63, 3.8) is 0 Å². The van der Waals surface area contributed by atoms with Gasteiger partial charge < -0.3 is 21.3 Å². The number of alkyl halides is 2. The first-order valence-electron chi connectivity index (χ1n) is 11.3. The SMILES string of the molecule is CC(=O)N1CC(F)(F)c2c(Sc3ncc(N4CCC5(CCC[C@H]5N)CC4)nc3N)cccc21.Cl. The molecule has 1 spiro atoms. The number of piperidine rings is 1. The normalized spacial score (nSPS) is 22.5. The number of halogens is 3. The number of benzene rings is 1. The van der Waals surface area contributed by atoms with Gasteiger partial charge in [-0.1, -0.05) is 24.2 Å². The van der Waals surface area contributed by atoms with E-state index in [1.807, 2.05) is 0 Å². The summed E-state index contributed by atoms with van der Waals surface area (Å²) in [6.45, 7) is 2.34. The molecule has 3 heterocycles. The summed E-state index contributed by atoms with van der Waals surface area (Å²) in [7, 11) is 0. The molecule has 0 bridgehead atoms. The van der Waals surface area contributed by atoms with Crippen LogP contribution in [0.15, 0.2) is 34.3 Å². The van der Waals surface area contributed by atoms with E-state index in [9.17, 15) is 13.6 Å². The summed E-state index contributed by atoms with van der Waals surface area (Å²) < 4.78 is 29.6. The van der Waals surface area contributed by atoms with Crippen molar-refractivity contribution in [3.05, 3.63) is 30.0 Å². The molecule has 1 saturated heterocycles. The Hall–Kier alpha value is -2.17. The van der Waals surface area contributed by atoms with Crippen LogP contribution in [0.25, 0.3) is 0 Å². The second-order valence-corrected chi connectivity index (χ2v) is 10.4. The highest BCUT2D eigenvalue weighted by Crippen LogP contribution is 2.49. The monoisotopic (exact) mass is 510 g/mol. The van der Waals surface area contributed by atoms with Crippen molar-refractivity contribution in [1.82, 2.24) is 9.97 Å². The standard InChI is InChI=1S/C23H28F2N6OS.ClH/c1-14(32)31-13-23(24,25)19-15(31)4-2-5-16(19)33-21-20(27)29-18(12-28-21)30-10-8-22(9-11-30)7-3-6-17(22)26;/h2,4-5,12,17H,3,6-11,13,26H2,1H3,(H2,27,29);1H/t17-;/m1./s1. The lowest BCUT2D eigenvalue weighted by Crippen LogP contribution is -2.47. The second kappa shape index (κ2) is 9.13. The first-order valence-corrected chi connectivity index (χ1v) is 12.1. The van der Waals surface area contributed by atoms with Crippen molar-refractivity contribution >= 4 is 47.4 Å². The van der Waals surface area contributed by atoms with Gasteiger partial charge in [0.15, 0.2) is 5.82 Å². The molecule has 1 aromatic carbocycles. The summed E-state index contributed by atoms with van der Waals surface area (Å²) in [6, 6.07) is 5.08. The third-order valence-electron chi connectivity index (χ3n) is 7.42. The maximum Gasteiger partial charge on any atom is 0.293 e. The maximum atomic E-state index is 14.8. The molecule has 1 aromatic heterocycles. The van der Waals surface area contributed by atoms with E-state index >= 15 is 0 Å². The zero-order chi connectivity index (χ0) is 23.4. The topological polar surface area (TPSA) is 101 Å². The van der Waals surface area contributed by atoms with Crippen LogP contribution in [0.5, 0.6) is 0 Å². The van der Waals surface area contributed by atoms with Gasteiger partial charge in [0.05, 0.1) is 24.0 Å². The molecular weight excluding hydrogens is 482 g/mol. The molecule has 2 aromatic rings. The minimum atomic E-state index is -3.14. The minimum Gasteiger partial charge on any atom is -0.381 e. The molecule has 0 unspecified atom stereocenters. The number of fused-ring (bicyclic) bond motifs is 1. The number of rotatable bonds is 3. The van der Waals surface area contributed by atoms with Gasteiger partial charge in [0.2, 0.25) is 5.91 Å². The van der Waals surface area contributed by atoms with E-state index in [0.717, 1.165) is 49.0 Å². The van der Waals surface area contributed by atoms with Gasteiger partial charge in [-0.2, -0.15) is 8.78 Å². The number of hydrogen-bond donors (Lipinski definition) is 2. The van der Waals surface area contributed by atoms with Gasteiger partial charge in [0.25, 0.3) is 5.92 Å². The average molecular weight is 511 g/mol. The fraction of sp³-hybridized carbons (Fsp3) is 0.522. The molecule has 7 nitrogen and oxygen atoms in total.